The first-order chi connectivity index (χ1) is 11.0. The number of piperidine rings is 1. The zero-order valence-corrected chi connectivity index (χ0v) is 12.6. The number of pyridine rings is 1. The lowest BCUT2D eigenvalue weighted by Gasteiger charge is -2.25. The molecule has 2 aliphatic rings. The van der Waals surface area contributed by atoms with E-state index in [0.717, 1.165) is 0 Å². The van der Waals surface area contributed by atoms with Crippen LogP contribution in [0.5, 0.6) is 0 Å². The van der Waals surface area contributed by atoms with Crippen LogP contribution < -0.4 is 15.5 Å². The molecule has 3 N–H and O–H groups in total. The number of imide groups is 1. The second kappa shape index (κ2) is 6.59. The van der Waals surface area contributed by atoms with Crippen LogP contribution >= 0.6 is 0 Å². The minimum absolute atomic E-state index is 0.170. The van der Waals surface area contributed by atoms with Crippen LogP contribution in [0.15, 0.2) is 12.3 Å². The molecule has 2 saturated heterocycles. The van der Waals surface area contributed by atoms with Gasteiger partial charge in [0.15, 0.2) is 11.6 Å². The van der Waals surface area contributed by atoms with Gasteiger partial charge in [-0.15, -0.1) is 0 Å². The molecule has 2 fully saturated rings. The zero-order valence-electron chi connectivity index (χ0n) is 12.6. The number of rotatable bonds is 2. The van der Waals surface area contributed by atoms with Crippen molar-refractivity contribution in [1.82, 2.24) is 15.6 Å². The van der Waals surface area contributed by atoms with Gasteiger partial charge in [-0.05, 0) is 18.1 Å². The van der Waals surface area contributed by atoms with Crippen LogP contribution in [-0.2, 0) is 9.59 Å². The molecule has 8 heteroatoms. The Balaban J connectivity index is 1.80. The molecule has 0 radical (unpaired) electrons. The molecule has 2 aliphatic heterocycles. The molecule has 2 atom stereocenters. The van der Waals surface area contributed by atoms with Crippen LogP contribution in [0, 0.1) is 5.82 Å². The van der Waals surface area contributed by atoms with Crippen molar-refractivity contribution in [2.24, 2.45) is 0 Å². The lowest BCUT2D eigenvalue weighted by molar-refractivity contribution is -0.134. The summed E-state index contributed by atoms with van der Waals surface area (Å²) in [6.07, 6.45) is 1.48. The van der Waals surface area contributed by atoms with E-state index in [0.29, 0.717) is 38.2 Å². The highest BCUT2D eigenvalue weighted by atomic mass is 19.1. The summed E-state index contributed by atoms with van der Waals surface area (Å²) in [5, 5.41) is 15.1. The van der Waals surface area contributed by atoms with E-state index in [9.17, 15) is 19.1 Å². The summed E-state index contributed by atoms with van der Waals surface area (Å²) in [6, 6.07) is 1.30. The third-order valence-corrected chi connectivity index (χ3v) is 4.15. The molecule has 1 aromatic heterocycles. The molecule has 0 spiro atoms. The fourth-order valence-corrected chi connectivity index (χ4v) is 2.97. The number of hydrogen-bond donors (Lipinski definition) is 3. The highest BCUT2D eigenvalue weighted by Gasteiger charge is 2.29. The molecule has 0 aliphatic carbocycles. The first-order valence-electron chi connectivity index (χ1n) is 7.67. The largest absolute Gasteiger partial charge is 0.390 e. The van der Waals surface area contributed by atoms with Gasteiger partial charge in [0.2, 0.25) is 11.8 Å². The Hall–Kier alpha value is -2.06. The lowest BCUT2D eigenvalue weighted by atomic mass is 9.91. The maximum absolute atomic E-state index is 14.4. The van der Waals surface area contributed by atoms with Crippen molar-refractivity contribution >= 4 is 17.6 Å². The van der Waals surface area contributed by atoms with E-state index < -0.39 is 23.7 Å². The second-order valence-electron chi connectivity index (χ2n) is 5.88. The number of aliphatic hydroxyl groups excluding tert-OH is 1. The number of hydrogen-bond acceptors (Lipinski definition) is 6. The molecule has 124 valence electrons. The topological polar surface area (TPSA) is 94.6 Å². The van der Waals surface area contributed by atoms with Gasteiger partial charge in [0.1, 0.15) is 0 Å². The summed E-state index contributed by atoms with van der Waals surface area (Å²) in [5.41, 5.74) is 0.463. The summed E-state index contributed by atoms with van der Waals surface area (Å²) in [5.74, 6) is -1.63. The average molecular weight is 322 g/mol. The smallest absolute Gasteiger partial charge is 0.234 e. The Bertz CT molecular complexity index is 625. The van der Waals surface area contributed by atoms with Crippen LogP contribution in [0.25, 0.3) is 0 Å². The number of carbonyl (C=O) groups excluding carboxylic acids is 2. The normalized spacial score (nSPS) is 25.9. The fraction of sp³-hybridized carbons (Fsp3) is 0.533. The van der Waals surface area contributed by atoms with Gasteiger partial charge in [-0.3, -0.25) is 14.9 Å². The molecule has 3 heterocycles. The minimum Gasteiger partial charge on any atom is -0.390 e. The number of nitrogens with zero attached hydrogens (tertiary/aromatic N) is 2. The van der Waals surface area contributed by atoms with Crippen molar-refractivity contribution < 1.29 is 19.1 Å². The van der Waals surface area contributed by atoms with E-state index in [4.69, 9.17) is 0 Å². The van der Waals surface area contributed by atoms with Gasteiger partial charge in [-0.2, -0.15) is 0 Å². The summed E-state index contributed by atoms with van der Waals surface area (Å²) < 4.78 is 14.4. The van der Waals surface area contributed by atoms with Gasteiger partial charge in [0.05, 0.1) is 12.0 Å². The van der Waals surface area contributed by atoms with Gasteiger partial charge in [0, 0.05) is 38.8 Å². The van der Waals surface area contributed by atoms with E-state index in [-0.39, 0.29) is 18.1 Å². The van der Waals surface area contributed by atoms with Crippen molar-refractivity contribution in [2.45, 2.75) is 24.9 Å². The van der Waals surface area contributed by atoms with E-state index in [1.165, 1.54) is 12.3 Å². The van der Waals surface area contributed by atoms with Crippen LogP contribution in [0.3, 0.4) is 0 Å². The van der Waals surface area contributed by atoms with Gasteiger partial charge >= 0.3 is 0 Å². The van der Waals surface area contributed by atoms with Gasteiger partial charge in [0.25, 0.3) is 0 Å². The number of aromatic nitrogens is 1. The number of anilines is 1. The Kier molecular flexibility index (Phi) is 4.53. The van der Waals surface area contributed by atoms with Gasteiger partial charge in [-0.1, -0.05) is 0 Å². The predicted octanol–water partition coefficient (Wildman–Crippen LogP) is -0.489. The van der Waals surface area contributed by atoms with Crippen LogP contribution in [0.2, 0.25) is 0 Å². The number of halogens is 1. The molecule has 23 heavy (non-hydrogen) atoms. The van der Waals surface area contributed by atoms with E-state index in [2.05, 4.69) is 15.6 Å². The fourth-order valence-electron chi connectivity index (χ4n) is 2.97. The van der Waals surface area contributed by atoms with E-state index in [1.807, 2.05) is 0 Å². The highest BCUT2D eigenvalue weighted by Crippen LogP contribution is 2.27. The van der Waals surface area contributed by atoms with Crippen molar-refractivity contribution in [3.8, 4) is 0 Å². The van der Waals surface area contributed by atoms with Crippen LogP contribution in [0.1, 0.15) is 24.3 Å². The predicted molar refractivity (Wildman–Crippen MR) is 80.4 cm³/mol. The number of carbonyl (C=O) groups is 2. The number of amides is 2. The molecule has 7 nitrogen and oxygen atoms in total. The van der Waals surface area contributed by atoms with Crippen molar-refractivity contribution in [1.29, 1.82) is 0 Å². The Labute approximate surface area is 132 Å². The SMILES string of the molecule is O=C1CCC(c2cnc(N3CCNCC(O)C3)c(F)c2)C(=O)N1. The summed E-state index contributed by atoms with van der Waals surface area (Å²) >= 11 is 0. The Morgan fingerprint density at radius 2 is 2.22 bits per heavy atom. The van der Waals surface area contributed by atoms with Gasteiger partial charge < -0.3 is 15.3 Å². The molecular weight excluding hydrogens is 303 g/mol. The standard InChI is InChI=1S/C15H19FN4O3/c16-12-5-9(11-1-2-13(22)19-15(11)23)6-18-14(12)20-4-3-17-7-10(21)8-20/h5-6,10-11,17,21H,1-4,7-8H2,(H,19,22,23). The van der Waals surface area contributed by atoms with Gasteiger partial charge in [-0.25, -0.2) is 9.37 Å². The quantitative estimate of drug-likeness (QED) is 0.636. The maximum atomic E-state index is 14.4. The molecular formula is C15H19FN4O3. The average Bonchev–Trinajstić information content (AvgIpc) is 2.71. The molecule has 0 aromatic carbocycles. The second-order valence-corrected chi connectivity index (χ2v) is 5.88. The molecule has 0 saturated carbocycles. The first-order valence-corrected chi connectivity index (χ1v) is 7.67. The number of β-amino-alcohol motifs (C(OH)–C–C–N with tert-alkyl or cyclic N) is 1. The zero-order chi connectivity index (χ0) is 16.4. The van der Waals surface area contributed by atoms with E-state index >= 15 is 0 Å². The Morgan fingerprint density at radius 1 is 1.39 bits per heavy atom. The monoisotopic (exact) mass is 322 g/mol. The molecule has 3 rings (SSSR count). The van der Waals surface area contributed by atoms with Crippen LogP contribution in [0.4, 0.5) is 10.2 Å². The summed E-state index contributed by atoms with van der Waals surface area (Å²) in [4.78, 5) is 28.9. The molecule has 1 aromatic rings. The molecule has 2 unspecified atom stereocenters. The van der Waals surface area contributed by atoms with Crippen LogP contribution in [-0.4, -0.2) is 54.2 Å². The summed E-state index contributed by atoms with van der Waals surface area (Å²) in [6.45, 7) is 1.94. The summed E-state index contributed by atoms with van der Waals surface area (Å²) in [7, 11) is 0. The van der Waals surface area contributed by atoms with E-state index in [1.54, 1.807) is 4.90 Å². The third-order valence-electron chi connectivity index (χ3n) is 4.15. The van der Waals surface area contributed by atoms with Crippen molar-refractivity contribution in [2.75, 3.05) is 31.1 Å². The van der Waals surface area contributed by atoms with Crippen molar-refractivity contribution in [3.63, 3.8) is 0 Å². The Morgan fingerprint density at radius 3 is 2.96 bits per heavy atom. The first kappa shape index (κ1) is 15.8. The number of aliphatic hydroxyl groups is 1. The maximum Gasteiger partial charge on any atom is 0.234 e. The highest BCUT2D eigenvalue weighted by molar-refractivity contribution is 6.00. The minimum atomic E-state index is -0.589. The van der Waals surface area contributed by atoms with Crippen molar-refractivity contribution in [3.05, 3.63) is 23.6 Å². The third kappa shape index (κ3) is 3.48. The number of nitrogens with one attached hydrogen (secondary N) is 2. The molecule has 0 bridgehead atoms. The lowest BCUT2D eigenvalue weighted by Crippen LogP contribution is -2.39. The molecule has 2 amide bonds.